The second-order valence-corrected chi connectivity index (χ2v) is 15.3. The molecule has 3 aliphatic heterocycles. The van der Waals surface area contributed by atoms with E-state index in [1.54, 1.807) is 13.8 Å². The van der Waals surface area contributed by atoms with E-state index >= 15 is 0 Å². The largest absolute Gasteiger partial charge is 0.458 e. The first-order valence-electron chi connectivity index (χ1n) is 18.4. The minimum absolute atomic E-state index is 0.146. The number of cyclic esters (lactones) is 1. The van der Waals surface area contributed by atoms with Gasteiger partial charge in [0.1, 0.15) is 17.7 Å². The Hall–Kier alpha value is -2.44. The minimum Gasteiger partial charge on any atom is -0.458 e. The van der Waals surface area contributed by atoms with E-state index in [9.17, 15) is 34.5 Å². The second-order valence-electron chi connectivity index (χ2n) is 15.3. The summed E-state index contributed by atoms with van der Waals surface area (Å²) in [6.07, 6.45) is 11.6. The number of piperidine rings is 1. The van der Waals surface area contributed by atoms with Crippen LogP contribution in [0.15, 0.2) is 24.3 Å². The first kappa shape index (κ1) is 39.3. The minimum atomic E-state index is -2.43. The predicted molar refractivity (Wildman–Crippen MR) is 182 cm³/mol. The summed E-state index contributed by atoms with van der Waals surface area (Å²) >= 11 is 0. The molecular weight excluding hydrogens is 630 g/mol. The Balaban J connectivity index is 1.63. The van der Waals surface area contributed by atoms with Crippen molar-refractivity contribution in [2.75, 3.05) is 13.7 Å². The van der Waals surface area contributed by atoms with Crippen LogP contribution >= 0.6 is 0 Å². The van der Waals surface area contributed by atoms with Crippen LogP contribution in [-0.4, -0.2) is 99.2 Å². The fraction of sp³-hybridized carbons (Fsp3) is 0.789. The summed E-state index contributed by atoms with van der Waals surface area (Å²) < 4.78 is 17.7. The number of carbonyl (C=O) groups is 4. The second kappa shape index (κ2) is 17.2. The van der Waals surface area contributed by atoms with Crippen LogP contribution in [0.5, 0.6) is 0 Å². The number of esters is 1. The van der Waals surface area contributed by atoms with E-state index in [-0.39, 0.29) is 24.2 Å². The zero-order valence-electron chi connectivity index (χ0n) is 30.1. The van der Waals surface area contributed by atoms with Crippen molar-refractivity contribution in [2.24, 2.45) is 23.7 Å². The lowest BCUT2D eigenvalue weighted by molar-refractivity contribution is -0.268. The van der Waals surface area contributed by atoms with Crippen molar-refractivity contribution in [3.63, 3.8) is 0 Å². The van der Waals surface area contributed by atoms with E-state index in [1.807, 2.05) is 13.0 Å². The third-order valence-corrected chi connectivity index (χ3v) is 11.4. The zero-order valence-corrected chi connectivity index (χ0v) is 30.1. The predicted octanol–water partition coefficient (Wildman–Crippen LogP) is 4.20. The molecule has 11 nitrogen and oxygen atoms in total. The molecule has 1 aliphatic carbocycles. The Labute approximate surface area is 291 Å². The monoisotopic (exact) mass is 689 g/mol. The number of hydrogen-bond acceptors (Lipinski definition) is 10. The van der Waals surface area contributed by atoms with Crippen LogP contribution in [0.4, 0.5) is 0 Å². The van der Waals surface area contributed by atoms with Gasteiger partial charge in [-0.15, -0.1) is 0 Å². The average molecular weight is 690 g/mol. The molecule has 0 aromatic heterocycles. The van der Waals surface area contributed by atoms with Crippen molar-refractivity contribution in [2.45, 2.75) is 153 Å². The average Bonchev–Trinajstić information content (AvgIpc) is 3.07. The molecule has 4 rings (SSSR count). The molecule has 11 heteroatoms. The van der Waals surface area contributed by atoms with Gasteiger partial charge in [0, 0.05) is 25.5 Å². The van der Waals surface area contributed by atoms with Gasteiger partial charge in [0.15, 0.2) is 5.78 Å². The molecule has 0 spiro atoms. The molecule has 1 amide bonds. The fourth-order valence-electron chi connectivity index (χ4n) is 8.09. The van der Waals surface area contributed by atoms with Crippen molar-refractivity contribution >= 4 is 23.4 Å². The van der Waals surface area contributed by atoms with E-state index in [4.69, 9.17) is 14.2 Å². The number of rotatable bonds is 3. The number of fused-ring (bicyclic) bond motifs is 3. The standard InChI is InChI=1S/C38H59NO10/c1-24-13-8-6-7-9-16-29(40)26(3)31-20-17-25(2)38(46,48-31)34(43)35(44)39-22-11-10-15-28(39)36(45)49-37(4,21-12-14-24)23-27-18-19-30(41)33(47-5)32(27)42/h8-9,13,16,24-28,30-33,41-42,46H,6-7,10-12,14-15,17-23H2,1-5H3. The van der Waals surface area contributed by atoms with Crippen LogP contribution in [0.1, 0.15) is 111 Å². The van der Waals surface area contributed by atoms with Crippen LogP contribution in [-0.2, 0) is 33.4 Å². The molecule has 3 fully saturated rings. The highest BCUT2D eigenvalue weighted by Gasteiger charge is 2.54. The molecule has 3 heterocycles. The molecule has 276 valence electrons. The number of aliphatic hydroxyl groups excluding tert-OH is 2. The van der Waals surface area contributed by atoms with Gasteiger partial charge in [-0.1, -0.05) is 39.0 Å². The van der Waals surface area contributed by atoms with E-state index in [0.29, 0.717) is 64.2 Å². The number of nitrogens with zero attached hydrogens (tertiary/aromatic N) is 1. The molecule has 49 heavy (non-hydrogen) atoms. The number of amides is 1. The van der Waals surface area contributed by atoms with Crippen LogP contribution in [0.3, 0.4) is 0 Å². The van der Waals surface area contributed by atoms with Gasteiger partial charge in [-0.3, -0.25) is 14.4 Å². The van der Waals surface area contributed by atoms with Crippen LogP contribution in [0.25, 0.3) is 0 Å². The van der Waals surface area contributed by atoms with Gasteiger partial charge in [0.25, 0.3) is 11.7 Å². The molecule has 0 aromatic carbocycles. The molecule has 0 aromatic rings. The van der Waals surface area contributed by atoms with Crippen molar-refractivity contribution in [3.8, 4) is 0 Å². The summed E-state index contributed by atoms with van der Waals surface area (Å²) in [4.78, 5) is 56.0. The summed E-state index contributed by atoms with van der Waals surface area (Å²) in [5, 5.41) is 33.2. The van der Waals surface area contributed by atoms with E-state index in [1.165, 1.54) is 18.1 Å². The molecule has 2 saturated heterocycles. The zero-order chi connectivity index (χ0) is 35.9. The van der Waals surface area contributed by atoms with Crippen molar-refractivity contribution in [1.82, 2.24) is 4.90 Å². The first-order chi connectivity index (χ1) is 23.2. The van der Waals surface area contributed by atoms with Gasteiger partial charge >= 0.3 is 5.97 Å². The van der Waals surface area contributed by atoms with Crippen molar-refractivity contribution in [3.05, 3.63) is 24.3 Å². The molecule has 11 unspecified atom stereocenters. The summed E-state index contributed by atoms with van der Waals surface area (Å²) in [6, 6.07) is -1.03. The summed E-state index contributed by atoms with van der Waals surface area (Å²) in [7, 11) is 1.46. The molecule has 1 saturated carbocycles. The smallest absolute Gasteiger partial charge is 0.329 e. The van der Waals surface area contributed by atoms with E-state index in [0.717, 1.165) is 19.3 Å². The molecule has 3 N–H and O–H groups in total. The van der Waals surface area contributed by atoms with Gasteiger partial charge in [-0.2, -0.15) is 0 Å². The topological polar surface area (TPSA) is 160 Å². The number of ether oxygens (including phenoxy) is 3. The van der Waals surface area contributed by atoms with Gasteiger partial charge in [-0.05, 0) is 108 Å². The summed E-state index contributed by atoms with van der Waals surface area (Å²) in [5.41, 5.74) is -1.00. The van der Waals surface area contributed by atoms with Crippen molar-refractivity contribution < 1.29 is 48.7 Å². The Morgan fingerprint density at radius 1 is 0.939 bits per heavy atom. The molecule has 4 aliphatic rings. The SMILES string of the molecule is COC1C(O)CCC(CC2(C)CCCC(C)C=CCCC=CC(=O)C(C)C3CCC(C)C(O)(O3)C(=O)C(=O)N3CCCCC3C(=O)O2)C1O. The van der Waals surface area contributed by atoms with Gasteiger partial charge in [0.2, 0.25) is 5.79 Å². The lowest BCUT2D eigenvalue weighted by Crippen LogP contribution is -2.61. The normalized spacial score (nSPS) is 41.0. The highest BCUT2D eigenvalue weighted by Crippen LogP contribution is 2.39. The van der Waals surface area contributed by atoms with Gasteiger partial charge in [-0.25, -0.2) is 4.79 Å². The van der Waals surface area contributed by atoms with Gasteiger partial charge in [0.05, 0.1) is 18.3 Å². The molecule has 11 atom stereocenters. The highest BCUT2D eigenvalue weighted by molar-refractivity contribution is 6.39. The third-order valence-electron chi connectivity index (χ3n) is 11.4. The molecular formula is C38H59NO10. The number of methoxy groups -OCH3 is 1. The Kier molecular flexibility index (Phi) is 13.8. The van der Waals surface area contributed by atoms with Gasteiger partial charge < -0.3 is 34.4 Å². The first-order valence-corrected chi connectivity index (χ1v) is 18.4. The quantitative estimate of drug-likeness (QED) is 0.223. The number of allylic oxidation sites excluding steroid dienone is 4. The molecule has 0 radical (unpaired) electrons. The van der Waals surface area contributed by atoms with Crippen LogP contribution in [0.2, 0.25) is 0 Å². The van der Waals surface area contributed by atoms with E-state index in [2.05, 4.69) is 19.1 Å². The summed E-state index contributed by atoms with van der Waals surface area (Å²) in [5.74, 6) is -6.73. The lowest BCUT2D eigenvalue weighted by atomic mass is 9.75. The number of hydrogen-bond donors (Lipinski definition) is 3. The maximum Gasteiger partial charge on any atom is 0.329 e. The van der Waals surface area contributed by atoms with Crippen molar-refractivity contribution in [1.29, 1.82) is 0 Å². The summed E-state index contributed by atoms with van der Waals surface area (Å²) in [6.45, 7) is 7.49. The number of Topliss-reactive ketones (excluding diaryl/α,β-unsaturated/α-hetero) is 1. The molecule has 2 bridgehead atoms. The maximum atomic E-state index is 14.1. The lowest BCUT2D eigenvalue weighted by Gasteiger charge is -2.44. The Bertz CT molecular complexity index is 1230. The number of carbonyl (C=O) groups excluding carboxylic acids is 4. The van der Waals surface area contributed by atoms with E-state index < -0.39 is 71.3 Å². The van der Waals surface area contributed by atoms with Crippen LogP contribution < -0.4 is 0 Å². The third kappa shape index (κ3) is 9.47. The number of aliphatic hydroxyl groups is 3. The highest BCUT2D eigenvalue weighted by atomic mass is 16.6. The Morgan fingerprint density at radius 2 is 1.67 bits per heavy atom. The Morgan fingerprint density at radius 3 is 2.41 bits per heavy atom. The fourth-order valence-corrected chi connectivity index (χ4v) is 8.09. The van der Waals surface area contributed by atoms with Crippen LogP contribution in [0, 0.1) is 23.7 Å². The number of ketones is 2. The maximum absolute atomic E-state index is 14.1.